The van der Waals surface area contributed by atoms with Crippen LogP contribution >= 0.6 is 0 Å². The molecule has 2 aromatic rings. The first-order valence-electron chi connectivity index (χ1n) is 7.74. The number of carbonyl (C=O) groups is 1. The molecule has 0 saturated heterocycles. The van der Waals surface area contributed by atoms with E-state index in [9.17, 15) is 4.79 Å². The molecular formula is C19H24N2O2. The minimum atomic E-state index is -0.0853. The maximum atomic E-state index is 11.9. The predicted molar refractivity (Wildman–Crippen MR) is 93.6 cm³/mol. The van der Waals surface area contributed by atoms with Crippen molar-refractivity contribution in [2.24, 2.45) is 0 Å². The number of hydrogen-bond donors (Lipinski definition) is 2. The van der Waals surface area contributed by atoms with E-state index in [0.717, 1.165) is 17.0 Å². The monoisotopic (exact) mass is 312 g/mol. The van der Waals surface area contributed by atoms with E-state index >= 15 is 0 Å². The van der Waals surface area contributed by atoms with Crippen molar-refractivity contribution in [1.82, 2.24) is 5.32 Å². The van der Waals surface area contributed by atoms with Crippen molar-refractivity contribution >= 4 is 11.6 Å². The van der Waals surface area contributed by atoms with Gasteiger partial charge in [-0.1, -0.05) is 36.4 Å². The van der Waals surface area contributed by atoms with Gasteiger partial charge < -0.3 is 15.4 Å². The van der Waals surface area contributed by atoms with E-state index < -0.39 is 0 Å². The summed E-state index contributed by atoms with van der Waals surface area (Å²) in [6.45, 7) is 6.86. The first-order valence-corrected chi connectivity index (χ1v) is 7.74. The fourth-order valence-corrected chi connectivity index (χ4v) is 1.96. The molecule has 0 fully saturated rings. The molecule has 0 aliphatic rings. The quantitative estimate of drug-likeness (QED) is 0.857. The molecule has 4 heteroatoms. The van der Waals surface area contributed by atoms with Crippen LogP contribution in [0.3, 0.4) is 0 Å². The molecule has 0 spiro atoms. The van der Waals surface area contributed by atoms with E-state index in [1.54, 1.807) is 0 Å². The summed E-state index contributed by atoms with van der Waals surface area (Å²) in [6, 6.07) is 17.4. The van der Waals surface area contributed by atoms with E-state index in [-0.39, 0.29) is 18.0 Å². The number of benzene rings is 2. The third-order valence-electron chi connectivity index (χ3n) is 3.15. The average molecular weight is 312 g/mol. The molecule has 4 nitrogen and oxygen atoms in total. The van der Waals surface area contributed by atoms with Gasteiger partial charge in [-0.05, 0) is 38.5 Å². The van der Waals surface area contributed by atoms with Gasteiger partial charge in [-0.2, -0.15) is 0 Å². The summed E-state index contributed by atoms with van der Waals surface area (Å²) < 4.78 is 5.76. The third kappa shape index (κ3) is 6.53. The molecule has 0 aliphatic heterocycles. The zero-order chi connectivity index (χ0) is 16.7. The highest BCUT2D eigenvalue weighted by atomic mass is 16.5. The lowest BCUT2D eigenvalue weighted by atomic mass is 10.1. The van der Waals surface area contributed by atoms with Crippen LogP contribution < -0.4 is 15.4 Å². The number of hydrogen-bond acceptors (Lipinski definition) is 3. The molecule has 0 aliphatic carbocycles. The van der Waals surface area contributed by atoms with Crippen molar-refractivity contribution in [3.63, 3.8) is 0 Å². The molecule has 0 unspecified atom stereocenters. The normalized spacial score (nSPS) is 11.1. The van der Waals surface area contributed by atoms with Crippen LogP contribution in [-0.4, -0.2) is 18.0 Å². The Balaban J connectivity index is 1.88. The molecule has 23 heavy (non-hydrogen) atoms. The van der Waals surface area contributed by atoms with Crippen molar-refractivity contribution in [3.8, 4) is 5.75 Å². The standard InChI is InChI=1S/C19H24N2O2/c1-19(2,3)20-13-18(22)21-16-10-7-11-17(12-16)23-14-15-8-5-4-6-9-15/h4-12,20H,13-14H2,1-3H3,(H,21,22). The molecule has 122 valence electrons. The Bertz CT molecular complexity index is 633. The molecule has 0 heterocycles. The Hall–Kier alpha value is -2.33. The number of rotatable bonds is 6. The van der Waals surface area contributed by atoms with Crippen LogP contribution in [0.25, 0.3) is 0 Å². The molecule has 0 saturated carbocycles. The minimum Gasteiger partial charge on any atom is -0.489 e. The van der Waals surface area contributed by atoms with Gasteiger partial charge in [-0.3, -0.25) is 4.79 Å². The van der Waals surface area contributed by atoms with Crippen LogP contribution in [0.4, 0.5) is 5.69 Å². The summed E-state index contributed by atoms with van der Waals surface area (Å²) in [7, 11) is 0. The summed E-state index contributed by atoms with van der Waals surface area (Å²) in [5.74, 6) is 0.663. The van der Waals surface area contributed by atoms with Crippen molar-refractivity contribution < 1.29 is 9.53 Å². The molecule has 0 radical (unpaired) electrons. The first kappa shape index (κ1) is 17.0. The van der Waals surface area contributed by atoms with Crippen LogP contribution in [0, 0.1) is 0 Å². The zero-order valence-corrected chi connectivity index (χ0v) is 13.9. The van der Waals surface area contributed by atoms with Gasteiger partial charge in [0.25, 0.3) is 0 Å². The maximum absolute atomic E-state index is 11.9. The maximum Gasteiger partial charge on any atom is 0.238 e. The number of ether oxygens (including phenoxy) is 1. The lowest BCUT2D eigenvalue weighted by Gasteiger charge is -2.20. The van der Waals surface area contributed by atoms with Crippen molar-refractivity contribution in [2.75, 3.05) is 11.9 Å². The molecule has 0 atom stereocenters. The summed E-state index contributed by atoms with van der Waals surface area (Å²) in [5, 5.41) is 6.03. The van der Waals surface area contributed by atoms with E-state index in [1.807, 2.05) is 75.4 Å². The Morgan fingerprint density at radius 3 is 2.48 bits per heavy atom. The summed E-state index contributed by atoms with van der Waals surface area (Å²) in [6.07, 6.45) is 0. The Kier molecular flexibility index (Phi) is 5.77. The number of carbonyl (C=O) groups excluding carboxylic acids is 1. The fraction of sp³-hybridized carbons (Fsp3) is 0.316. The second kappa shape index (κ2) is 7.79. The van der Waals surface area contributed by atoms with Gasteiger partial charge in [0.1, 0.15) is 12.4 Å². The molecule has 2 aromatic carbocycles. The zero-order valence-electron chi connectivity index (χ0n) is 13.9. The third-order valence-corrected chi connectivity index (χ3v) is 3.15. The molecule has 1 amide bonds. The van der Waals surface area contributed by atoms with E-state index in [2.05, 4.69) is 10.6 Å². The number of amides is 1. The van der Waals surface area contributed by atoms with E-state index in [0.29, 0.717) is 6.61 Å². The topological polar surface area (TPSA) is 50.4 Å². The van der Waals surface area contributed by atoms with Crippen LogP contribution in [0.5, 0.6) is 5.75 Å². The minimum absolute atomic E-state index is 0.0693. The highest BCUT2D eigenvalue weighted by Gasteiger charge is 2.11. The fourth-order valence-electron chi connectivity index (χ4n) is 1.96. The second-order valence-electron chi connectivity index (χ2n) is 6.45. The Morgan fingerprint density at radius 1 is 1.04 bits per heavy atom. The largest absolute Gasteiger partial charge is 0.489 e. The predicted octanol–water partition coefficient (Wildman–Crippen LogP) is 3.59. The SMILES string of the molecule is CC(C)(C)NCC(=O)Nc1cccc(OCc2ccccc2)c1. The van der Waals surface area contributed by atoms with Crippen molar-refractivity contribution in [2.45, 2.75) is 32.9 Å². The van der Waals surface area contributed by atoms with Crippen molar-refractivity contribution in [3.05, 3.63) is 60.2 Å². The summed E-state index contributed by atoms with van der Waals surface area (Å²) >= 11 is 0. The van der Waals surface area contributed by atoms with Gasteiger partial charge in [0.05, 0.1) is 6.54 Å². The summed E-state index contributed by atoms with van der Waals surface area (Å²) in [5.41, 5.74) is 1.76. The summed E-state index contributed by atoms with van der Waals surface area (Å²) in [4.78, 5) is 11.9. The van der Waals surface area contributed by atoms with Gasteiger partial charge in [-0.25, -0.2) is 0 Å². The average Bonchev–Trinajstić information content (AvgIpc) is 2.52. The number of anilines is 1. The van der Waals surface area contributed by atoms with Crippen molar-refractivity contribution in [1.29, 1.82) is 0 Å². The Morgan fingerprint density at radius 2 is 1.78 bits per heavy atom. The first-order chi connectivity index (χ1) is 10.9. The van der Waals surface area contributed by atoms with Crippen LogP contribution in [0.15, 0.2) is 54.6 Å². The smallest absolute Gasteiger partial charge is 0.238 e. The number of nitrogens with one attached hydrogen (secondary N) is 2. The highest BCUT2D eigenvalue weighted by Crippen LogP contribution is 2.18. The van der Waals surface area contributed by atoms with E-state index in [1.165, 1.54) is 0 Å². The van der Waals surface area contributed by atoms with Crippen LogP contribution in [0.2, 0.25) is 0 Å². The molecule has 0 aromatic heterocycles. The van der Waals surface area contributed by atoms with Gasteiger partial charge in [0, 0.05) is 17.3 Å². The van der Waals surface area contributed by atoms with Crippen LogP contribution in [0.1, 0.15) is 26.3 Å². The van der Waals surface area contributed by atoms with E-state index in [4.69, 9.17) is 4.74 Å². The van der Waals surface area contributed by atoms with Crippen LogP contribution in [-0.2, 0) is 11.4 Å². The highest BCUT2D eigenvalue weighted by molar-refractivity contribution is 5.92. The molecule has 2 N–H and O–H groups in total. The molecule has 0 bridgehead atoms. The van der Waals surface area contributed by atoms with Gasteiger partial charge in [0.2, 0.25) is 5.91 Å². The second-order valence-corrected chi connectivity index (χ2v) is 6.45. The lowest BCUT2D eigenvalue weighted by Crippen LogP contribution is -2.41. The Labute approximate surface area is 137 Å². The van der Waals surface area contributed by atoms with Gasteiger partial charge in [-0.15, -0.1) is 0 Å². The van der Waals surface area contributed by atoms with Gasteiger partial charge in [0.15, 0.2) is 0 Å². The molecular weight excluding hydrogens is 288 g/mol. The molecule has 2 rings (SSSR count). The lowest BCUT2D eigenvalue weighted by molar-refractivity contribution is -0.115. The van der Waals surface area contributed by atoms with Gasteiger partial charge >= 0.3 is 0 Å².